The van der Waals surface area contributed by atoms with Crippen molar-refractivity contribution in [3.05, 3.63) is 39.3 Å². The van der Waals surface area contributed by atoms with Crippen molar-refractivity contribution in [3.63, 3.8) is 0 Å². The summed E-state index contributed by atoms with van der Waals surface area (Å²) in [5.41, 5.74) is 2.16. The summed E-state index contributed by atoms with van der Waals surface area (Å²) in [6.07, 6.45) is 0.942. The van der Waals surface area contributed by atoms with E-state index in [2.05, 4.69) is 40.0 Å². The Balaban J connectivity index is 2.39. The number of aliphatic hydroxyl groups is 1. The minimum atomic E-state index is 0.192. The Morgan fingerprint density at radius 1 is 1.44 bits per heavy atom. The first-order valence-electron chi connectivity index (χ1n) is 5.99. The van der Waals surface area contributed by atoms with Crippen LogP contribution in [0.1, 0.15) is 29.8 Å². The van der Waals surface area contributed by atoms with Crippen LogP contribution < -0.4 is 0 Å². The molecule has 96 valence electrons. The standard InChI is InChI=1S/C14H16BrNOS/c1-3-10(8-17)13-9(2)16-14(18-13)11-5-4-6-12(15)7-11/h4-7,10,17H,3,8H2,1-2H3. The maximum atomic E-state index is 9.40. The molecule has 0 aliphatic rings. The molecule has 1 N–H and O–H groups in total. The van der Waals surface area contributed by atoms with Crippen LogP contribution in [0.4, 0.5) is 0 Å². The lowest BCUT2D eigenvalue weighted by molar-refractivity contribution is 0.263. The number of aryl methyl sites for hydroxylation is 1. The minimum Gasteiger partial charge on any atom is -0.396 e. The van der Waals surface area contributed by atoms with Crippen molar-refractivity contribution in [1.82, 2.24) is 4.98 Å². The van der Waals surface area contributed by atoms with Crippen LogP contribution in [-0.2, 0) is 0 Å². The van der Waals surface area contributed by atoms with Gasteiger partial charge in [0.2, 0.25) is 0 Å². The summed E-state index contributed by atoms with van der Waals surface area (Å²) in [5, 5.41) is 10.4. The Hall–Kier alpha value is -0.710. The SMILES string of the molecule is CCC(CO)c1sc(-c2cccc(Br)c2)nc1C. The van der Waals surface area contributed by atoms with E-state index in [0.29, 0.717) is 0 Å². The van der Waals surface area contributed by atoms with Crippen molar-refractivity contribution in [3.8, 4) is 10.6 Å². The quantitative estimate of drug-likeness (QED) is 0.905. The summed E-state index contributed by atoms with van der Waals surface area (Å²) in [6, 6.07) is 8.15. The molecule has 0 aliphatic carbocycles. The van der Waals surface area contributed by atoms with Crippen LogP contribution in [0, 0.1) is 6.92 Å². The molecule has 18 heavy (non-hydrogen) atoms. The van der Waals surface area contributed by atoms with Gasteiger partial charge in [-0.05, 0) is 25.5 Å². The maximum Gasteiger partial charge on any atom is 0.123 e. The van der Waals surface area contributed by atoms with Gasteiger partial charge in [-0.25, -0.2) is 4.98 Å². The first kappa shape index (κ1) is 13.7. The highest BCUT2D eigenvalue weighted by atomic mass is 79.9. The number of halogens is 1. The Kier molecular flexibility index (Phi) is 4.54. The van der Waals surface area contributed by atoms with Crippen LogP contribution in [0.25, 0.3) is 10.6 Å². The highest BCUT2D eigenvalue weighted by Gasteiger charge is 2.16. The molecule has 0 spiro atoms. The van der Waals surface area contributed by atoms with Gasteiger partial charge in [-0.1, -0.05) is 35.0 Å². The second kappa shape index (κ2) is 5.95. The molecule has 1 unspecified atom stereocenters. The highest BCUT2D eigenvalue weighted by Crippen LogP contribution is 2.34. The molecule has 2 rings (SSSR count). The first-order chi connectivity index (χ1) is 8.65. The molecule has 1 aromatic carbocycles. The Morgan fingerprint density at radius 2 is 2.22 bits per heavy atom. The van der Waals surface area contributed by atoms with Crippen molar-refractivity contribution < 1.29 is 5.11 Å². The van der Waals surface area contributed by atoms with Crippen molar-refractivity contribution >= 4 is 27.3 Å². The number of nitrogens with zero attached hydrogens (tertiary/aromatic N) is 1. The number of aromatic nitrogens is 1. The largest absolute Gasteiger partial charge is 0.396 e. The van der Waals surface area contributed by atoms with E-state index >= 15 is 0 Å². The van der Waals surface area contributed by atoms with Crippen LogP contribution in [-0.4, -0.2) is 16.7 Å². The molecular formula is C14H16BrNOS. The van der Waals surface area contributed by atoms with Crippen LogP contribution in [0.15, 0.2) is 28.7 Å². The van der Waals surface area contributed by atoms with Crippen molar-refractivity contribution in [2.75, 3.05) is 6.61 Å². The fourth-order valence-corrected chi connectivity index (χ4v) is 3.57. The van der Waals surface area contributed by atoms with E-state index in [-0.39, 0.29) is 12.5 Å². The van der Waals surface area contributed by atoms with Crippen LogP contribution in [0.5, 0.6) is 0 Å². The molecule has 0 fully saturated rings. The molecule has 2 nitrogen and oxygen atoms in total. The van der Waals surface area contributed by atoms with E-state index in [9.17, 15) is 5.11 Å². The average Bonchev–Trinajstić information content (AvgIpc) is 2.74. The molecule has 2 aromatic rings. The third-order valence-electron chi connectivity index (χ3n) is 2.99. The number of rotatable bonds is 4. The van der Waals surface area contributed by atoms with Gasteiger partial charge in [0.25, 0.3) is 0 Å². The Labute approximate surface area is 120 Å². The molecular weight excluding hydrogens is 310 g/mol. The van der Waals surface area contributed by atoms with Gasteiger partial charge in [0.05, 0.1) is 12.3 Å². The molecule has 0 saturated carbocycles. The van der Waals surface area contributed by atoms with E-state index in [0.717, 1.165) is 27.2 Å². The van der Waals surface area contributed by atoms with Crippen LogP contribution >= 0.6 is 27.3 Å². The predicted octanol–water partition coefficient (Wildman–Crippen LogP) is 4.37. The van der Waals surface area contributed by atoms with Gasteiger partial charge < -0.3 is 5.11 Å². The van der Waals surface area contributed by atoms with Crippen molar-refractivity contribution in [2.24, 2.45) is 0 Å². The first-order valence-corrected chi connectivity index (χ1v) is 7.60. The molecule has 4 heteroatoms. The van der Waals surface area contributed by atoms with Crippen molar-refractivity contribution in [2.45, 2.75) is 26.2 Å². The number of benzene rings is 1. The second-order valence-electron chi connectivity index (χ2n) is 4.27. The number of thiazole rings is 1. The predicted molar refractivity (Wildman–Crippen MR) is 80.1 cm³/mol. The third kappa shape index (κ3) is 2.82. The second-order valence-corrected chi connectivity index (χ2v) is 6.21. The van der Waals surface area contributed by atoms with E-state index in [1.165, 1.54) is 4.88 Å². The lowest BCUT2D eigenvalue weighted by Gasteiger charge is -2.08. The smallest absolute Gasteiger partial charge is 0.123 e. The normalized spacial score (nSPS) is 12.7. The van der Waals surface area contributed by atoms with E-state index < -0.39 is 0 Å². The lowest BCUT2D eigenvalue weighted by Crippen LogP contribution is -2.01. The van der Waals surface area contributed by atoms with Gasteiger partial charge in [0.1, 0.15) is 5.01 Å². The van der Waals surface area contributed by atoms with E-state index in [4.69, 9.17) is 0 Å². The summed E-state index contributed by atoms with van der Waals surface area (Å²) in [7, 11) is 0. The van der Waals surface area contributed by atoms with Gasteiger partial charge in [0.15, 0.2) is 0 Å². The molecule has 1 atom stereocenters. The van der Waals surface area contributed by atoms with Gasteiger partial charge in [-0.15, -0.1) is 11.3 Å². The highest BCUT2D eigenvalue weighted by molar-refractivity contribution is 9.10. The molecule has 0 aliphatic heterocycles. The zero-order valence-corrected chi connectivity index (χ0v) is 12.9. The van der Waals surface area contributed by atoms with E-state index in [1.807, 2.05) is 19.1 Å². The molecule has 0 amide bonds. The summed E-state index contributed by atoms with van der Waals surface area (Å²) in [6.45, 7) is 4.31. The topological polar surface area (TPSA) is 33.1 Å². The summed E-state index contributed by atoms with van der Waals surface area (Å²) < 4.78 is 1.06. The van der Waals surface area contributed by atoms with Gasteiger partial charge in [-0.3, -0.25) is 0 Å². The third-order valence-corrected chi connectivity index (χ3v) is 4.85. The summed E-state index contributed by atoms with van der Waals surface area (Å²) in [5.74, 6) is 0.211. The van der Waals surface area contributed by atoms with Crippen LogP contribution in [0.2, 0.25) is 0 Å². The zero-order chi connectivity index (χ0) is 13.1. The Bertz CT molecular complexity index is 534. The maximum absolute atomic E-state index is 9.40. The van der Waals surface area contributed by atoms with E-state index in [1.54, 1.807) is 11.3 Å². The summed E-state index contributed by atoms with van der Waals surface area (Å²) >= 11 is 5.16. The number of aliphatic hydroxyl groups excluding tert-OH is 1. The molecule has 0 radical (unpaired) electrons. The van der Waals surface area contributed by atoms with Crippen molar-refractivity contribution in [1.29, 1.82) is 0 Å². The lowest BCUT2D eigenvalue weighted by atomic mass is 10.1. The average molecular weight is 326 g/mol. The van der Waals surface area contributed by atoms with Gasteiger partial charge in [0, 0.05) is 20.8 Å². The number of hydrogen-bond donors (Lipinski definition) is 1. The van der Waals surface area contributed by atoms with Gasteiger partial charge >= 0.3 is 0 Å². The molecule has 1 heterocycles. The molecule has 0 bridgehead atoms. The molecule has 0 saturated heterocycles. The number of hydrogen-bond acceptors (Lipinski definition) is 3. The van der Waals surface area contributed by atoms with Crippen LogP contribution in [0.3, 0.4) is 0 Å². The molecule has 1 aromatic heterocycles. The fourth-order valence-electron chi connectivity index (χ4n) is 1.93. The van der Waals surface area contributed by atoms with Gasteiger partial charge in [-0.2, -0.15) is 0 Å². The monoisotopic (exact) mass is 325 g/mol. The zero-order valence-electron chi connectivity index (χ0n) is 10.5. The fraction of sp³-hybridized carbons (Fsp3) is 0.357. The summed E-state index contributed by atoms with van der Waals surface area (Å²) in [4.78, 5) is 5.83. The minimum absolute atomic E-state index is 0.192. The Morgan fingerprint density at radius 3 is 2.83 bits per heavy atom.